The number of anilines is 2. The lowest BCUT2D eigenvalue weighted by molar-refractivity contribution is 0.163. The predicted molar refractivity (Wildman–Crippen MR) is 83.0 cm³/mol. The maximum atomic E-state index is 6.26. The van der Waals surface area contributed by atoms with Gasteiger partial charge < -0.3 is 14.6 Å². The first kappa shape index (κ1) is 14.9. The van der Waals surface area contributed by atoms with E-state index in [0.717, 1.165) is 22.9 Å². The number of benzene rings is 1. The van der Waals surface area contributed by atoms with Gasteiger partial charge >= 0.3 is 0 Å². The summed E-state index contributed by atoms with van der Waals surface area (Å²) in [4.78, 5) is 4.51. The van der Waals surface area contributed by atoms with Crippen molar-refractivity contribution in [2.75, 3.05) is 19.0 Å². The number of hydrogen-bond donors (Lipinski definition) is 1. The highest BCUT2D eigenvalue weighted by Gasteiger charge is 2.13. The summed E-state index contributed by atoms with van der Waals surface area (Å²) in [6, 6.07) is 6.12. The van der Waals surface area contributed by atoms with E-state index in [1.54, 1.807) is 7.11 Å². The molecule has 1 aromatic heterocycles. The van der Waals surface area contributed by atoms with E-state index in [9.17, 15) is 0 Å². The quantitative estimate of drug-likeness (QED) is 0.902. The molecule has 20 heavy (non-hydrogen) atoms. The van der Waals surface area contributed by atoms with E-state index < -0.39 is 0 Å². The second-order valence-corrected chi connectivity index (χ2v) is 5.43. The normalized spacial score (nSPS) is 12.4. The van der Waals surface area contributed by atoms with Crippen LogP contribution in [0.15, 0.2) is 24.4 Å². The Kier molecular flexibility index (Phi) is 4.68. The van der Waals surface area contributed by atoms with E-state index in [1.165, 1.54) is 0 Å². The molecule has 0 saturated heterocycles. The topological polar surface area (TPSA) is 39.1 Å². The summed E-state index contributed by atoms with van der Waals surface area (Å²) >= 11 is 6.26. The average Bonchev–Trinajstić information content (AvgIpc) is 2.74. The van der Waals surface area contributed by atoms with Gasteiger partial charge in [-0.1, -0.05) is 17.7 Å². The molecule has 2 rings (SSSR count). The summed E-state index contributed by atoms with van der Waals surface area (Å²) in [5.74, 6) is 0.776. The molecule has 108 valence electrons. The molecule has 1 aromatic carbocycles. The highest BCUT2D eigenvalue weighted by molar-refractivity contribution is 6.33. The molecule has 0 aliphatic heterocycles. The Morgan fingerprint density at radius 2 is 2.15 bits per heavy atom. The number of nitrogens with one attached hydrogen (secondary N) is 1. The molecule has 0 fully saturated rings. The van der Waals surface area contributed by atoms with Gasteiger partial charge in [-0.3, -0.25) is 0 Å². The van der Waals surface area contributed by atoms with Gasteiger partial charge in [-0.05, 0) is 38.5 Å². The van der Waals surface area contributed by atoms with Crippen molar-refractivity contribution in [3.8, 4) is 0 Å². The standard InChI is InChI=1S/C15H20ClN3O/c1-10-5-6-14(13(16)7-10)18-15-17-11(2)8-19(15)12(3)9-20-4/h5-8,12H,9H2,1-4H3,(H,17,18). The van der Waals surface area contributed by atoms with Crippen molar-refractivity contribution < 1.29 is 4.74 Å². The molecular weight excluding hydrogens is 274 g/mol. The highest BCUT2D eigenvalue weighted by atomic mass is 35.5. The first-order valence-corrected chi connectivity index (χ1v) is 6.96. The van der Waals surface area contributed by atoms with E-state index in [2.05, 4.69) is 21.8 Å². The molecule has 0 amide bonds. The zero-order valence-electron chi connectivity index (χ0n) is 12.3. The molecule has 4 nitrogen and oxygen atoms in total. The van der Waals surface area contributed by atoms with Crippen molar-refractivity contribution in [3.63, 3.8) is 0 Å². The monoisotopic (exact) mass is 293 g/mol. The van der Waals surface area contributed by atoms with Crippen LogP contribution in [0, 0.1) is 13.8 Å². The van der Waals surface area contributed by atoms with Crippen LogP contribution in [0.5, 0.6) is 0 Å². The number of imidazole rings is 1. The molecular formula is C15H20ClN3O. The zero-order valence-corrected chi connectivity index (χ0v) is 13.0. The number of methoxy groups -OCH3 is 1. The van der Waals surface area contributed by atoms with Crippen molar-refractivity contribution in [3.05, 3.63) is 40.7 Å². The van der Waals surface area contributed by atoms with E-state index in [-0.39, 0.29) is 6.04 Å². The third kappa shape index (κ3) is 3.32. The molecule has 0 bridgehead atoms. The number of halogens is 1. The third-order valence-electron chi connectivity index (χ3n) is 3.11. The molecule has 0 radical (unpaired) electrons. The minimum Gasteiger partial charge on any atom is -0.383 e. The van der Waals surface area contributed by atoms with Gasteiger partial charge in [0.15, 0.2) is 0 Å². The van der Waals surface area contributed by atoms with Crippen LogP contribution < -0.4 is 5.32 Å². The van der Waals surface area contributed by atoms with Crippen molar-refractivity contribution in [2.24, 2.45) is 0 Å². The van der Waals surface area contributed by atoms with Gasteiger partial charge in [-0.2, -0.15) is 0 Å². The number of nitrogens with zero attached hydrogens (tertiary/aromatic N) is 2. The molecule has 0 spiro atoms. The molecule has 1 atom stereocenters. The molecule has 2 aromatic rings. The maximum Gasteiger partial charge on any atom is 0.207 e. The lowest BCUT2D eigenvalue weighted by atomic mass is 10.2. The molecule has 1 N–H and O–H groups in total. The Morgan fingerprint density at radius 1 is 1.40 bits per heavy atom. The third-order valence-corrected chi connectivity index (χ3v) is 3.42. The fraction of sp³-hybridized carbons (Fsp3) is 0.400. The van der Waals surface area contributed by atoms with Crippen LogP contribution in [0.4, 0.5) is 11.6 Å². The SMILES string of the molecule is COCC(C)n1cc(C)nc1Nc1ccc(C)cc1Cl. The van der Waals surface area contributed by atoms with Gasteiger partial charge in [0, 0.05) is 13.3 Å². The lowest BCUT2D eigenvalue weighted by Gasteiger charge is -2.16. The summed E-state index contributed by atoms with van der Waals surface area (Å²) < 4.78 is 7.27. The van der Waals surface area contributed by atoms with Gasteiger partial charge in [-0.25, -0.2) is 4.98 Å². The van der Waals surface area contributed by atoms with Crippen LogP contribution in [0.2, 0.25) is 5.02 Å². The summed E-state index contributed by atoms with van der Waals surface area (Å²) in [7, 11) is 1.70. The number of hydrogen-bond acceptors (Lipinski definition) is 3. The summed E-state index contributed by atoms with van der Waals surface area (Å²) in [6.45, 7) is 6.71. The zero-order chi connectivity index (χ0) is 14.7. The summed E-state index contributed by atoms with van der Waals surface area (Å²) in [6.07, 6.45) is 2.01. The maximum absolute atomic E-state index is 6.26. The average molecular weight is 294 g/mol. The van der Waals surface area contributed by atoms with Gasteiger partial charge in [0.1, 0.15) is 0 Å². The van der Waals surface area contributed by atoms with Gasteiger partial charge in [0.25, 0.3) is 0 Å². The second-order valence-electron chi connectivity index (χ2n) is 5.03. The lowest BCUT2D eigenvalue weighted by Crippen LogP contribution is -2.12. The molecule has 0 aliphatic carbocycles. The minimum atomic E-state index is 0.202. The van der Waals surface area contributed by atoms with E-state index in [4.69, 9.17) is 16.3 Å². The largest absolute Gasteiger partial charge is 0.383 e. The molecule has 0 saturated carbocycles. The van der Waals surface area contributed by atoms with Crippen molar-refractivity contribution in [2.45, 2.75) is 26.8 Å². The van der Waals surface area contributed by atoms with Crippen molar-refractivity contribution >= 4 is 23.2 Å². The fourth-order valence-electron chi connectivity index (χ4n) is 2.11. The molecule has 1 unspecified atom stereocenters. The number of ether oxygens (including phenoxy) is 1. The molecule has 1 heterocycles. The summed E-state index contributed by atoms with van der Waals surface area (Å²) in [5, 5.41) is 3.98. The van der Waals surface area contributed by atoms with Gasteiger partial charge in [-0.15, -0.1) is 0 Å². The number of aromatic nitrogens is 2. The Bertz CT molecular complexity index is 595. The van der Waals surface area contributed by atoms with Gasteiger partial charge in [0.05, 0.1) is 29.1 Å². The van der Waals surface area contributed by atoms with Crippen LogP contribution in [-0.4, -0.2) is 23.3 Å². The van der Waals surface area contributed by atoms with Crippen molar-refractivity contribution in [1.82, 2.24) is 9.55 Å². The van der Waals surface area contributed by atoms with Crippen LogP contribution in [0.1, 0.15) is 24.2 Å². The Balaban J connectivity index is 2.29. The predicted octanol–water partition coefficient (Wildman–Crippen LogP) is 4.10. The fourth-order valence-corrected chi connectivity index (χ4v) is 2.39. The first-order chi connectivity index (χ1) is 9.51. The molecule has 5 heteroatoms. The van der Waals surface area contributed by atoms with E-state index in [0.29, 0.717) is 11.6 Å². The number of aryl methyl sites for hydroxylation is 2. The minimum absolute atomic E-state index is 0.202. The Morgan fingerprint density at radius 3 is 2.80 bits per heavy atom. The van der Waals surface area contributed by atoms with E-state index in [1.807, 2.05) is 38.2 Å². The Hall–Kier alpha value is -1.52. The number of rotatable bonds is 5. The highest BCUT2D eigenvalue weighted by Crippen LogP contribution is 2.27. The van der Waals surface area contributed by atoms with Crippen LogP contribution >= 0.6 is 11.6 Å². The van der Waals surface area contributed by atoms with Crippen LogP contribution in [0.25, 0.3) is 0 Å². The smallest absolute Gasteiger partial charge is 0.207 e. The second kappa shape index (κ2) is 6.29. The van der Waals surface area contributed by atoms with Crippen LogP contribution in [0.3, 0.4) is 0 Å². The van der Waals surface area contributed by atoms with Crippen LogP contribution in [-0.2, 0) is 4.74 Å². The molecule has 0 aliphatic rings. The first-order valence-electron chi connectivity index (χ1n) is 6.59. The van der Waals surface area contributed by atoms with Crippen molar-refractivity contribution in [1.29, 1.82) is 0 Å². The van der Waals surface area contributed by atoms with Gasteiger partial charge in [0.2, 0.25) is 5.95 Å². The summed E-state index contributed by atoms with van der Waals surface area (Å²) in [5.41, 5.74) is 2.94. The van der Waals surface area contributed by atoms with E-state index >= 15 is 0 Å². The Labute approximate surface area is 124 Å².